The number of ether oxygens (including phenoxy) is 1. The van der Waals surface area contributed by atoms with Crippen molar-refractivity contribution in [3.8, 4) is 0 Å². The smallest absolute Gasteiger partial charge is 0.336 e. The van der Waals surface area contributed by atoms with Gasteiger partial charge in [-0.25, -0.2) is 4.79 Å². The summed E-state index contributed by atoms with van der Waals surface area (Å²) in [5.41, 5.74) is 0. The molecule has 0 aliphatic carbocycles. The first-order valence-electron chi connectivity index (χ1n) is 3.43. The van der Waals surface area contributed by atoms with Crippen molar-refractivity contribution in [1.82, 2.24) is 5.32 Å². The van der Waals surface area contributed by atoms with Crippen molar-refractivity contribution in [1.29, 1.82) is 0 Å². The summed E-state index contributed by atoms with van der Waals surface area (Å²) in [5.74, 6) is -2.54. The van der Waals surface area contributed by atoms with Crippen molar-refractivity contribution >= 4 is 52.6 Å². The molecule has 0 radical (unpaired) electrons. The zero-order chi connectivity index (χ0) is 10.9. The lowest BCUT2D eigenvalue weighted by Crippen LogP contribution is -2.43. The molecule has 0 spiro atoms. The van der Waals surface area contributed by atoms with Crippen LogP contribution in [0.5, 0.6) is 0 Å². The minimum Gasteiger partial charge on any atom is -0.392 e. The van der Waals surface area contributed by atoms with E-state index in [1.54, 1.807) is 0 Å². The summed E-state index contributed by atoms with van der Waals surface area (Å²) >= 11 is 15.7. The van der Waals surface area contributed by atoms with Gasteiger partial charge in [-0.1, -0.05) is 34.8 Å². The van der Waals surface area contributed by atoms with Gasteiger partial charge in [-0.2, -0.15) is 0 Å². The predicted octanol–water partition coefficient (Wildman–Crippen LogP) is 0.315. The molecule has 0 aromatic carbocycles. The van der Waals surface area contributed by atoms with Crippen LogP contribution in [0.25, 0.3) is 0 Å². The van der Waals surface area contributed by atoms with E-state index in [1.807, 2.05) is 0 Å². The second kappa shape index (κ2) is 3.92. The maximum Gasteiger partial charge on any atom is 0.336 e. The van der Waals surface area contributed by atoms with Crippen LogP contribution in [0.2, 0.25) is 0 Å². The molecule has 1 aliphatic heterocycles. The van der Waals surface area contributed by atoms with E-state index in [4.69, 9.17) is 34.8 Å². The Morgan fingerprint density at radius 1 is 1.43 bits per heavy atom. The first-order chi connectivity index (χ1) is 6.30. The van der Waals surface area contributed by atoms with Crippen LogP contribution >= 0.6 is 34.8 Å². The molecule has 0 saturated carbocycles. The van der Waals surface area contributed by atoms with Gasteiger partial charge in [0.1, 0.15) is 6.04 Å². The highest BCUT2D eigenvalue weighted by molar-refractivity contribution is 6.76. The zero-order valence-corrected chi connectivity index (χ0v) is 8.82. The zero-order valence-electron chi connectivity index (χ0n) is 6.55. The highest BCUT2D eigenvalue weighted by Crippen LogP contribution is 2.26. The Kier molecular flexibility index (Phi) is 3.24. The SMILES string of the molecule is O=C1CC(NC(=O)C(Cl)(Cl)Cl)C(=O)O1. The Bertz CT molecular complexity index is 298. The highest BCUT2D eigenvalue weighted by Gasteiger charge is 2.39. The molecule has 1 heterocycles. The Morgan fingerprint density at radius 2 is 2.00 bits per heavy atom. The van der Waals surface area contributed by atoms with Crippen LogP contribution in [0.15, 0.2) is 0 Å². The van der Waals surface area contributed by atoms with Gasteiger partial charge in [0.15, 0.2) is 0 Å². The second-order valence-corrected chi connectivity index (χ2v) is 4.80. The number of nitrogens with one attached hydrogen (secondary N) is 1. The first-order valence-corrected chi connectivity index (χ1v) is 4.56. The monoisotopic (exact) mass is 259 g/mol. The first kappa shape index (κ1) is 11.6. The Hall–Kier alpha value is -0.520. The third kappa shape index (κ3) is 2.73. The van der Waals surface area contributed by atoms with Crippen LogP contribution in [0.4, 0.5) is 0 Å². The van der Waals surface area contributed by atoms with Gasteiger partial charge >= 0.3 is 11.9 Å². The van der Waals surface area contributed by atoms with Gasteiger partial charge in [0.2, 0.25) is 0 Å². The molecule has 1 atom stereocenters. The van der Waals surface area contributed by atoms with Gasteiger partial charge in [0, 0.05) is 0 Å². The molecule has 5 nitrogen and oxygen atoms in total. The molecule has 8 heteroatoms. The van der Waals surface area contributed by atoms with Crippen LogP contribution in [0, 0.1) is 0 Å². The van der Waals surface area contributed by atoms with E-state index in [0.29, 0.717) is 0 Å². The molecule has 0 bridgehead atoms. The summed E-state index contributed by atoms with van der Waals surface area (Å²) in [6, 6.07) is -1.06. The van der Waals surface area contributed by atoms with Crippen molar-refractivity contribution in [2.45, 2.75) is 16.3 Å². The van der Waals surface area contributed by atoms with Crippen molar-refractivity contribution < 1.29 is 19.1 Å². The number of esters is 2. The summed E-state index contributed by atoms with van der Waals surface area (Å²) in [6.07, 6.45) is -0.245. The number of cyclic esters (lactones) is 2. The maximum atomic E-state index is 11.0. The number of halogens is 3. The van der Waals surface area contributed by atoms with Gasteiger partial charge in [0.25, 0.3) is 9.70 Å². The number of hydrogen-bond acceptors (Lipinski definition) is 4. The number of rotatable bonds is 1. The van der Waals surface area contributed by atoms with E-state index < -0.39 is 27.7 Å². The van der Waals surface area contributed by atoms with Crippen LogP contribution in [-0.2, 0) is 19.1 Å². The minimum absolute atomic E-state index is 0.245. The molecule has 1 fully saturated rings. The van der Waals surface area contributed by atoms with E-state index in [1.165, 1.54) is 0 Å². The predicted molar refractivity (Wildman–Crippen MR) is 47.9 cm³/mol. The summed E-state index contributed by atoms with van der Waals surface area (Å²) in [6.45, 7) is 0. The molecule has 1 unspecified atom stereocenters. The molecule has 0 aromatic rings. The average molecular weight is 260 g/mol. The third-order valence-electron chi connectivity index (χ3n) is 1.43. The van der Waals surface area contributed by atoms with E-state index >= 15 is 0 Å². The van der Waals surface area contributed by atoms with E-state index in [2.05, 4.69) is 10.1 Å². The van der Waals surface area contributed by atoms with E-state index in [-0.39, 0.29) is 6.42 Å². The van der Waals surface area contributed by atoms with Crippen LogP contribution in [0.1, 0.15) is 6.42 Å². The Labute approximate surface area is 93.6 Å². The molecule has 0 aromatic heterocycles. The summed E-state index contributed by atoms with van der Waals surface area (Å²) in [5, 5.41) is 2.07. The van der Waals surface area contributed by atoms with Crippen molar-refractivity contribution in [3.63, 3.8) is 0 Å². The highest BCUT2D eigenvalue weighted by atomic mass is 35.6. The van der Waals surface area contributed by atoms with E-state index in [0.717, 1.165) is 0 Å². The molecule has 1 amide bonds. The molecular formula is C6H4Cl3NO4. The number of hydrogen-bond donors (Lipinski definition) is 1. The van der Waals surface area contributed by atoms with E-state index in [9.17, 15) is 14.4 Å². The fourth-order valence-corrected chi connectivity index (χ4v) is 0.989. The van der Waals surface area contributed by atoms with Crippen LogP contribution < -0.4 is 5.32 Å². The molecule has 1 saturated heterocycles. The summed E-state index contributed by atoms with van der Waals surface area (Å²) < 4.78 is 2.00. The lowest BCUT2D eigenvalue weighted by Gasteiger charge is -2.13. The number of carbonyl (C=O) groups excluding carboxylic acids is 3. The average Bonchev–Trinajstić information content (AvgIpc) is 2.28. The van der Waals surface area contributed by atoms with Crippen molar-refractivity contribution in [2.75, 3.05) is 0 Å². The van der Waals surface area contributed by atoms with Crippen LogP contribution in [-0.4, -0.2) is 27.7 Å². The largest absolute Gasteiger partial charge is 0.392 e. The fraction of sp³-hybridized carbons (Fsp3) is 0.500. The number of alkyl halides is 3. The topological polar surface area (TPSA) is 72.5 Å². The normalized spacial score (nSPS) is 22.1. The minimum atomic E-state index is -2.16. The molecule has 1 rings (SSSR count). The summed E-state index contributed by atoms with van der Waals surface area (Å²) in [7, 11) is 0. The fourth-order valence-electron chi connectivity index (χ4n) is 0.825. The summed E-state index contributed by atoms with van der Waals surface area (Å²) in [4.78, 5) is 32.5. The standard InChI is InChI=1S/C6H4Cl3NO4/c7-6(8,9)5(13)10-2-1-3(11)14-4(2)12/h2H,1H2,(H,10,13). The number of carbonyl (C=O) groups is 3. The Balaban J connectivity index is 2.58. The molecular weight excluding hydrogens is 256 g/mol. The number of amides is 1. The molecule has 78 valence electrons. The van der Waals surface area contributed by atoms with Crippen molar-refractivity contribution in [2.24, 2.45) is 0 Å². The van der Waals surface area contributed by atoms with Gasteiger partial charge < -0.3 is 10.1 Å². The maximum absolute atomic E-state index is 11.0. The Morgan fingerprint density at radius 3 is 2.36 bits per heavy atom. The molecule has 1 aliphatic rings. The third-order valence-corrected chi connectivity index (χ3v) is 1.95. The second-order valence-electron chi connectivity index (χ2n) is 2.52. The van der Waals surface area contributed by atoms with Gasteiger partial charge in [-0.3, -0.25) is 9.59 Å². The lowest BCUT2D eigenvalue weighted by atomic mass is 10.2. The van der Waals surface area contributed by atoms with Gasteiger partial charge in [0.05, 0.1) is 6.42 Å². The quantitative estimate of drug-likeness (QED) is 0.418. The van der Waals surface area contributed by atoms with Gasteiger partial charge in [-0.15, -0.1) is 0 Å². The van der Waals surface area contributed by atoms with Gasteiger partial charge in [-0.05, 0) is 0 Å². The lowest BCUT2D eigenvalue weighted by molar-refractivity contribution is -0.153. The molecule has 1 N–H and O–H groups in total. The van der Waals surface area contributed by atoms with Crippen LogP contribution in [0.3, 0.4) is 0 Å². The molecule has 14 heavy (non-hydrogen) atoms. The van der Waals surface area contributed by atoms with Crippen molar-refractivity contribution in [3.05, 3.63) is 0 Å².